The Balaban J connectivity index is 2.42. The van der Waals surface area contributed by atoms with Crippen LogP contribution in [0.1, 0.15) is 11.1 Å². The van der Waals surface area contributed by atoms with E-state index >= 15 is 0 Å². The van der Waals surface area contributed by atoms with E-state index in [1.807, 2.05) is 31.2 Å². The molecule has 0 atom stereocenters. The molecule has 84 valence electrons. The van der Waals surface area contributed by atoms with Crippen molar-refractivity contribution in [3.63, 3.8) is 0 Å². The van der Waals surface area contributed by atoms with Crippen LogP contribution in [-0.2, 0) is 0 Å². The average molecular weight is 233 g/mol. The first-order valence-electron chi connectivity index (χ1n) is 4.97. The van der Waals surface area contributed by atoms with Gasteiger partial charge in [0.2, 0.25) is 0 Å². The van der Waals surface area contributed by atoms with E-state index in [9.17, 15) is 0 Å². The Morgan fingerprint density at radius 1 is 1.56 bits per heavy atom. The molecular weight excluding hydrogens is 218 g/mol. The normalized spacial score (nSPS) is 10.1. The van der Waals surface area contributed by atoms with E-state index in [1.54, 1.807) is 12.3 Å². The van der Waals surface area contributed by atoms with Gasteiger partial charge in [0.05, 0.1) is 6.21 Å². The minimum atomic E-state index is 0.490. The van der Waals surface area contributed by atoms with Crippen molar-refractivity contribution < 1.29 is 0 Å². The Hall–Kier alpha value is -1.68. The zero-order chi connectivity index (χ0) is 11.8. The molecular formula is C12H15N3S. The van der Waals surface area contributed by atoms with E-state index in [0.29, 0.717) is 11.7 Å². The fraction of sp³-hybridized carbons (Fsp3) is 0.167. The summed E-state index contributed by atoms with van der Waals surface area (Å²) in [7, 11) is 0. The lowest BCUT2D eigenvalue weighted by molar-refractivity contribution is 0.942. The maximum atomic E-state index is 4.98. The molecule has 0 unspecified atom stereocenters. The second-order valence-electron chi connectivity index (χ2n) is 3.28. The third-order valence-electron chi connectivity index (χ3n) is 1.83. The second-order valence-corrected chi connectivity index (χ2v) is 3.69. The Morgan fingerprint density at radius 2 is 2.38 bits per heavy atom. The van der Waals surface area contributed by atoms with Gasteiger partial charge in [0.1, 0.15) is 0 Å². The summed E-state index contributed by atoms with van der Waals surface area (Å²) in [5.41, 5.74) is 4.97. The van der Waals surface area contributed by atoms with Crippen LogP contribution >= 0.6 is 12.2 Å². The lowest BCUT2D eigenvalue weighted by Crippen LogP contribution is -2.31. The molecule has 3 nitrogen and oxygen atoms in total. The molecule has 0 bridgehead atoms. The second kappa shape index (κ2) is 6.74. The van der Waals surface area contributed by atoms with Crippen molar-refractivity contribution in [3.8, 4) is 0 Å². The summed E-state index contributed by atoms with van der Waals surface area (Å²) in [6, 6.07) is 8.07. The van der Waals surface area contributed by atoms with Crippen molar-refractivity contribution in [2.45, 2.75) is 6.92 Å². The summed E-state index contributed by atoms with van der Waals surface area (Å²) < 4.78 is 0. The summed E-state index contributed by atoms with van der Waals surface area (Å²) in [4.78, 5) is 0. The molecule has 0 saturated heterocycles. The predicted octanol–water partition coefficient (Wildman–Crippen LogP) is 1.98. The van der Waals surface area contributed by atoms with Gasteiger partial charge in [0, 0.05) is 6.54 Å². The molecule has 0 fully saturated rings. The van der Waals surface area contributed by atoms with Crippen LogP contribution in [0.25, 0.3) is 0 Å². The van der Waals surface area contributed by atoms with Crippen molar-refractivity contribution >= 4 is 23.5 Å². The molecule has 0 amide bonds. The topological polar surface area (TPSA) is 36.4 Å². The Morgan fingerprint density at radius 3 is 3.06 bits per heavy atom. The fourth-order valence-corrected chi connectivity index (χ4v) is 1.26. The third kappa shape index (κ3) is 4.70. The van der Waals surface area contributed by atoms with Gasteiger partial charge in [-0.1, -0.05) is 35.9 Å². The van der Waals surface area contributed by atoms with E-state index in [0.717, 1.165) is 5.56 Å². The smallest absolute Gasteiger partial charge is 0.187 e. The van der Waals surface area contributed by atoms with Gasteiger partial charge in [0.25, 0.3) is 0 Å². The number of hydrazone groups is 1. The fourth-order valence-electron chi connectivity index (χ4n) is 1.12. The van der Waals surface area contributed by atoms with Gasteiger partial charge < -0.3 is 5.32 Å². The van der Waals surface area contributed by atoms with E-state index in [4.69, 9.17) is 12.2 Å². The predicted molar refractivity (Wildman–Crippen MR) is 72.7 cm³/mol. The number of nitrogens with zero attached hydrogens (tertiary/aromatic N) is 1. The molecule has 2 N–H and O–H groups in total. The monoisotopic (exact) mass is 233 g/mol. The molecule has 0 heterocycles. The Kier molecular flexibility index (Phi) is 5.22. The van der Waals surface area contributed by atoms with Crippen LogP contribution < -0.4 is 10.7 Å². The van der Waals surface area contributed by atoms with Crippen LogP contribution in [0.15, 0.2) is 42.0 Å². The summed E-state index contributed by atoms with van der Waals surface area (Å²) in [6.07, 6.45) is 3.47. The molecule has 0 spiro atoms. The molecule has 0 aromatic heterocycles. The molecule has 0 aliphatic rings. The van der Waals surface area contributed by atoms with Crippen LogP contribution in [-0.4, -0.2) is 17.9 Å². The van der Waals surface area contributed by atoms with Crippen molar-refractivity contribution in [1.82, 2.24) is 10.7 Å². The van der Waals surface area contributed by atoms with Crippen LogP contribution in [0.3, 0.4) is 0 Å². The van der Waals surface area contributed by atoms with Crippen molar-refractivity contribution in [3.05, 3.63) is 48.0 Å². The summed E-state index contributed by atoms with van der Waals surface area (Å²) >= 11 is 4.98. The van der Waals surface area contributed by atoms with E-state index in [1.165, 1.54) is 5.56 Å². The highest BCUT2D eigenvalue weighted by Crippen LogP contribution is 2.00. The van der Waals surface area contributed by atoms with Crippen molar-refractivity contribution in [2.24, 2.45) is 5.10 Å². The van der Waals surface area contributed by atoms with Crippen molar-refractivity contribution in [1.29, 1.82) is 0 Å². The number of benzene rings is 1. The van der Waals surface area contributed by atoms with Crippen LogP contribution in [0.4, 0.5) is 0 Å². The van der Waals surface area contributed by atoms with E-state index in [2.05, 4.69) is 22.4 Å². The molecule has 1 rings (SSSR count). The molecule has 0 aliphatic heterocycles. The lowest BCUT2D eigenvalue weighted by atomic mass is 10.2. The third-order valence-corrected chi connectivity index (χ3v) is 2.06. The molecule has 1 aromatic rings. The number of aryl methyl sites for hydroxylation is 1. The van der Waals surface area contributed by atoms with Crippen molar-refractivity contribution in [2.75, 3.05) is 6.54 Å². The average Bonchev–Trinajstić information content (AvgIpc) is 2.26. The first-order chi connectivity index (χ1) is 7.72. The molecule has 0 radical (unpaired) electrons. The minimum absolute atomic E-state index is 0.490. The van der Waals surface area contributed by atoms with E-state index in [-0.39, 0.29) is 0 Å². The van der Waals surface area contributed by atoms with Gasteiger partial charge in [-0.2, -0.15) is 5.10 Å². The van der Waals surface area contributed by atoms with Gasteiger partial charge in [-0.3, -0.25) is 5.43 Å². The summed E-state index contributed by atoms with van der Waals surface area (Å²) in [5.74, 6) is 0. The Bertz CT molecular complexity index is 399. The highest BCUT2D eigenvalue weighted by molar-refractivity contribution is 7.80. The highest BCUT2D eigenvalue weighted by Gasteiger charge is 1.90. The van der Waals surface area contributed by atoms with E-state index < -0.39 is 0 Å². The SMILES string of the molecule is C=CCNC(=S)NN=Cc1cccc(C)c1. The summed E-state index contributed by atoms with van der Waals surface area (Å²) in [6.45, 7) is 6.26. The lowest BCUT2D eigenvalue weighted by Gasteiger charge is -2.03. The van der Waals surface area contributed by atoms with Gasteiger partial charge >= 0.3 is 0 Å². The molecule has 0 saturated carbocycles. The van der Waals surface area contributed by atoms with Gasteiger partial charge in [-0.25, -0.2) is 0 Å². The first-order valence-corrected chi connectivity index (χ1v) is 5.37. The maximum Gasteiger partial charge on any atom is 0.187 e. The number of thiocarbonyl (C=S) groups is 1. The number of hydrogen-bond acceptors (Lipinski definition) is 2. The number of nitrogens with one attached hydrogen (secondary N) is 2. The maximum absolute atomic E-state index is 4.98. The number of rotatable bonds is 4. The first kappa shape index (κ1) is 12.4. The zero-order valence-electron chi connectivity index (χ0n) is 9.23. The molecule has 1 aromatic carbocycles. The molecule has 4 heteroatoms. The minimum Gasteiger partial charge on any atom is -0.358 e. The van der Waals surface area contributed by atoms with Crippen LogP contribution in [0, 0.1) is 6.92 Å². The largest absolute Gasteiger partial charge is 0.358 e. The van der Waals surface area contributed by atoms with Gasteiger partial charge in [-0.05, 0) is 24.7 Å². The van der Waals surface area contributed by atoms with Gasteiger partial charge in [0.15, 0.2) is 5.11 Å². The molecule has 16 heavy (non-hydrogen) atoms. The zero-order valence-corrected chi connectivity index (χ0v) is 10.1. The van der Waals surface area contributed by atoms with Gasteiger partial charge in [-0.15, -0.1) is 6.58 Å². The van der Waals surface area contributed by atoms with Crippen LogP contribution in [0.5, 0.6) is 0 Å². The van der Waals surface area contributed by atoms with Crippen LogP contribution in [0.2, 0.25) is 0 Å². The Labute approximate surface area is 101 Å². The quantitative estimate of drug-likeness (QED) is 0.361. The number of hydrogen-bond donors (Lipinski definition) is 2. The summed E-state index contributed by atoms with van der Waals surface area (Å²) in [5, 5.41) is 7.43. The molecule has 0 aliphatic carbocycles. The highest BCUT2D eigenvalue weighted by atomic mass is 32.1. The standard InChI is InChI=1S/C12H15N3S/c1-3-7-13-12(16)15-14-9-11-6-4-5-10(2)8-11/h3-6,8-9H,1,7H2,2H3,(H2,13,15,16).